The van der Waals surface area contributed by atoms with Gasteiger partial charge in [0.1, 0.15) is 11.3 Å². The summed E-state index contributed by atoms with van der Waals surface area (Å²) in [5.74, 6) is 0.970. The summed E-state index contributed by atoms with van der Waals surface area (Å²) in [6.45, 7) is 2.08. The van der Waals surface area contributed by atoms with Crippen LogP contribution in [0.15, 0.2) is 50.5 Å². The maximum absolute atomic E-state index is 11.5. The van der Waals surface area contributed by atoms with Crippen LogP contribution in [0.5, 0.6) is 0 Å². The van der Waals surface area contributed by atoms with E-state index >= 15 is 0 Å². The maximum Gasteiger partial charge on any atom is 0.374 e. The van der Waals surface area contributed by atoms with Crippen molar-refractivity contribution in [3.63, 3.8) is 0 Å². The Kier molecular flexibility index (Phi) is 3.96. The largest absolute Gasteiger partial charge is 0.460 e. The first-order chi connectivity index (χ1) is 10.3. The van der Waals surface area contributed by atoms with Crippen molar-refractivity contribution >= 4 is 28.8 Å². The van der Waals surface area contributed by atoms with Gasteiger partial charge in [-0.1, -0.05) is 23.9 Å². The number of hydrogen-bond acceptors (Lipinski definition) is 6. The Morgan fingerprint density at radius 1 is 1.24 bits per heavy atom. The minimum Gasteiger partial charge on any atom is -0.460 e. The number of carbonyl (C=O) groups excluding carboxylic acids is 1. The quantitative estimate of drug-likeness (QED) is 0.526. The Hall–Kier alpha value is -2.21. The Balaban J connectivity index is 1.66. The highest BCUT2D eigenvalue weighted by Gasteiger charge is 2.13. The van der Waals surface area contributed by atoms with E-state index in [9.17, 15) is 4.79 Å². The van der Waals surface area contributed by atoms with Crippen molar-refractivity contribution in [2.75, 3.05) is 6.61 Å². The lowest BCUT2D eigenvalue weighted by Gasteiger charge is -1.97. The smallest absolute Gasteiger partial charge is 0.374 e. The number of fused-ring (bicyclic) bond motifs is 1. The molecular formula is C15H13NO4S. The molecule has 21 heavy (non-hydrogen) atoms. The van der Waals surface area contributed by atoms with Gasteiger partial charge in [0.25, 0.3) is 5.22 Å². The molecule has 5 nitrogen and oxygen atoms in total. The molecule has 3 aromatic rings. The van der Waals surface area contributed by atoms with Crippen molar-refractivity contribution in [1.82, 2.24) is 4.98 Å². The maximum atomic E-state index is 11.5. The highest BCUT2D eigenvalue weighted by atomic mass is 32.2. The number of oxazole rings is 1. The van der Waals surface area contributed by atoms with Gasteiger partial charge in [0.2, 0.25) is 5.76 Å². The van der Waals surface area contributed by atoms with E-state index in [2.05, 4.69) is 4.98 Å². The zero-order chi connectivity index (χ0) is 14.7. The van der Waals surface area contributed by atoms with Crippen molar-refractivity contribution in [3.05, 3.63) is 47.9 Å². The summed E-state index contributed by atoms with van der Waals surface area (Å²) < 4.78 is 15.9. The van der Waals surface area contributed by atoms with Crippen LogP contribution in [0.1, 0.15) is 23.2 Å². The van der Waals surface area contributed by atoms with E-state index in [1.165, 1.54) is 11.8 Å². The monoisotopic (exact) mass is 303 g/mol. The molecule has 0 N–H and O–H groups in total. The summed E-state index contributed by atoms with van der Waals surface area (Å²) in [6.07, 6.45) is 0. The Morgan fingerprint density at radius 2 is 2.10 bits per heavy atom. The van der Waals surface area contributed by atoms with E-state index in [1.807, 2.05) is 24.3 Å². The van der Waals surface area contributed by atoms with Gasteiger partial charge in [-0.25, -0.2) is 9.78 Å². The molecule has 108 valence electrons. The van der Waals surface area contributed by atoms with E-state index in [-0.39, 0.29) is 5.76 Å². The van der Waals surface area contributed by atoms with Gasteiger partial charge in [-0.05, 0) is 31.2 Å². The average molecular weight is 303 g/mol. The topological polar surface area (TPSA) is 65.5 Å². The van der Waals surface area contributed by atoms with Gasteiger partial charge in [0, 0.05) is 0 Å². The van der Waals surface area contributed by atoms with Gasteiger partial charge >= 0.3 is 5.97 Å². The molecule has 2 aromatic heterocycles. The molecule has 0 spiro atoms. The molecule has 0 radical (unpaired) electrons. The molecule has 2 heterocycles. The second-order valence-corrected chi connectivity index (χ2v) is 5.15. The van der Waals surface area contributed by atoms with Gasteiger partial charge in [-0.15, -0.1) is 0 Å². The summed E-state index contributed by atoms with van der Waals surface area (Å²) in [6, 6.07) is 11.0. The van der Waals surface area contributed by atoms with E-state index in [0.717, 1.165) is 11.1 Å². The Labute approximate surface area is 125 Å². The first kappa shape index (κ1) is 13.8. The second-order valence-electron chi connectivity index (χ2n) is 4.22. The third kappa shape index (κ3) is 3.11. The molecule has 0 unspecified atom stereocenters. The van der Waals surface area contributed by atoms with Gasteiger partial charge in [0.05, 0.1) is 12.4 Å². The fourth-order valence-corrected chi connectivity index (χ4v) is 2.55. The van der Waals surface area contributed by atoms with E-state index in [1.54, 1.807) is 19.1 Å². The van der Waals surface area contributed by atoms with Crippen LogP contribution in [0.2, 0.25) is 0 Å². The number of esters is 1. The number of furan rings is 1. The standard InChI is InChI=1S/C15H13NO4S/c1-2-18-14(17)13-8-7-10(19-13)9-21-15-16-11-5-3-4-6-12(11)20-15/h3-8H,2,9H2,1H3. The highest BCUT2D eigenvalue weighted by molar-refractivity contribution is 7.98. The van der Waals surface area contributed by atoms with Crippen LogP contribution in [0, 0.1) is 0 Å². The fourth-order valence-electron chi connectivity index (χ4n) is 1.81. The molecule has 0 bridgehead atoms. The van der Waals surface area contributed by atoms with Crippen molar-refractivity contribution in [2.45, 2.75) is 17.9 Å². The van der Waals surface area contributed by atoms with Crippen LogP contribution in [0.25, 0.3) is 11.1 Å². The fraction of sp³-hybridized carbons (Fsp3) is 0.200. The normalized spacial score (nSPS) is 10.9. The van der Waals surface area contributed by atoms with Gasteiger partial charge in [-0.3, -0.25) is 0 Å². The minimum atomic E-state index is -0.449. The van der Waals surface area contributed by atoms with Crippen LogP contribution in [-0.2, 0) is 10.5 Å². The SMILES string of the molecule is CCOC(=O)c1ccc(CSc2nc3ccccc3o2)o1. The highest BCUT2D eigenvalue weighted by Crippen LogP contribution is 2.26. The third-order valence-corrected chi connectivity index (χ3v) is 3.60. The first-order valence-corrected chi connectivity index (χ1v) is 7.49. The number of ether oxygens (including phenoxy) is 1. The third-order valence-electron chi connectivity index (χ3n) is 2.75. The van der Waals surface area contributed by atoms with Crippen LogP contribution in [0.3, 0.4) is 0 Å². The molecule has 0 amide bonds. The van der Waals surface area contributed by atoms with E-state index in [4.69, 9.17) is 13.6 Å². The second kappa shape index (κ2) is 6.05. The molecule has 1 aromatic carbocycles. The zero-order valence-electron chi connectivity index (χ0n) is 11.4. The molecule has 0 saturated carbocycles. The van der Waals surface area contributed by atoms with Crippen molar-refractivity contribution in [1.29, 1.82) is 0 Å². The van der Waals surface area contributed by atoms with E-state index in [0.29, 0.717) is 23.3 Å². The number of hydrogen-bond donors (Lipinski definition) is 0. The number of thioether (sulfide) groups is 1. The molecule has 0 aliphatic rings. The number of carbonyl (C=O) groups is 1. The summed E-state index contributed by atoms with van der Waals surface area (Å²) in [4.78, 5) is 15.9. The molecular weight excluding hydrogens is 290 g/mol. The van der Waals surface area contributed by atoms with E-state index < -0.39 is 5.97 Å². The summed E-state index contributed by atoms with van der Waals surface area (Å²) in [7, 11) is 0. The summed E-state index contributed by atoms with van der Waals surface area (Å²) in [5.41, 5.74) is 1.58. The molecule has 3 rings (SSSR count). The van der Waals surface area contributed by atoms with Crippen molar-refractivity contribution in [2.24, 2.45) is 0 Å². The minimum absolute atomic E-state index is 0.213. The zero-order valence-corrected chi connectivity index (χ0v) is 12.2. The molecule has 0 fully saturated rings. The molecule has 0 aliphatic carbocycles. The number of rotatable bonds is 5. The Morgan fingerprint density at radius 3 is 2.90 bits per heavy atom. The van der Waals surface area contributed by atoms with Crippen LogP contribution >= 0.6 is 11.8 Å². The lowest BCUT2D eigenvalue weighted by atomic mass is 10.3. The summed E-state index contributed by atoms with van der Waals surface area (Å²) in [5, 5.41) is 0.574. The van der Waals surface area contributed by atoms with Crippen molar-refractivity contribution < 1.29 is 18.4 Å². The summed E-state index contributed by atoms with van der Waals surface area (Å²) >= 11 is 1.41. The average Bonchev–Trinajstić information content (AvgIpc) is 3.11. The molecule has 0 atom stereocenters. The Bertz CT molecular complexity index is 729. The van der Waals surface area contributed by atoms with Crippen LogP contribution < -0.4 is 0 Å². The van der Waals surface area contributed by atoms with Gasteiger partial charge < -0.3 is 13.6 Å². The molecule has 0 aliphatic heterocycles. The van der Waals surface area contributed by atoms with Crippen LogP contribution in [0.4, 0.5) is 0 Å². The predicted molar refractivity (Wildman–Crippen MR) is 78.2 cm³/mol. The lowest BCUT2D eigenvalue weighted by molar-refractivity contribution is 0.0488. The lowest BCUT2D eigenvalue weighted by Crippen LogP contribution is -2.02. The number of benzene rings is 1. The number of para-hydroxylation sites is 2. The van der Waals surface area contributed by atoms with Gasteiger partial charge in [-0.2, -0.15) is 0 Å². The van der Waals surface area contributed by atoms with Crippen molar-refractivity contribution in [3.8, 4) is 0 Å². The van der Waals surface area contributed by atoms with Crippen LogP contribution in [-0.4, -0.2) is 17.6 Å². The molecule has 6 heteroatoms. The number of nitrogens with zero attached hydrogens (tertiary/aromatic N) is 1. The molecule has 0 saturated heterocycles. The number of aromatic nitrogens is 1. The van der Waals surface area contributed by atoms with Gasteiger partial charge in [0.15, 0.2) is 5.58 Å². The predicted octanol–water partition coefficient (Wildman–Crippen LogP) is 3.89. The first-order valence-electron chi connectivity index (χ1n) is 6.50.